The second-order valence-corrected chi connectivity index (χ2v) is 18.0. The molecule has 0 spiro atoms. The summed E-state index contributed by atoms with van der Waals surface area (Å²) in [6, 6.07) is 33.0. The zero-order valence-electron chi connectivity index (χ0n) is 34.1. The van der Waals surface area contributed by atoms with E-state index in [-0.39, 0.29) is 13.4 Å². The van der Waals surface area contributed by atoms with Crippen molar-refractivity contribution in [2.45, 2.75) is 81.1 Å². The molecule has 0 amide bonds. The quantitative estimate of drug-likeness (QED) is 0.110. The molecule has 8 aromatic rings. The van der Waals surface area contributed by atoms with Crippen molar-refractivity contribution in [3.05, 3.63) is 174 Å². The largest absolute Gasteiger partial charge is 0.243 e. The molecule has 12 rings (SSSR count). The lowest BCUT2D eigenvalue weighted by atomic mass is 9.29. The summed E-state index contributed by atoms with van der Waals surface area (Å²) >= 11 is 0. The van der Waals surface area contributed by atoms with E-state index in [0.29, 0.717) is 0 Å². The van der Waals surface area contributed by atoms with Crippen molar-refractivity contribution in [2.75, 3.05) is 0 Å². The first kappa shape index (κ1) is 32.9. The van der Waals surface area contributed by atoms with Gasteiger partial charge in [-0.1, -0.05) is 129 Å². The topological polar surface area (TPSA) is 0 Å². The number of aryl methyl sites for hydroxylation is 4. The van der Waals surface area contributed by atoms with E-state index < -0.39 is 0 Å². The maximum atomic E-state index is 2.47. The highest BCUT2D eigenvalue weighted by atomic mass is 14.3. The summed E-state index contributed by atoms with van der Waals surface area (Å²) in [6.07, 6.45) is 4.03. The highest BCUT2D eigenvalue weighted by molar-refractivity contribution is 6.98. The average molecular weight is 717 g/mol. The molecule has 0 saturated heterocycles. The van der Waals surface area contributed by atoms with Crippen molar-refractivity contribution >= 4 is 78.5 Å². The summed E-state index contributed by atoms with van der Waals surface area (Å²) in [5, 5.41) is 9.07. The second kappa shape index (κ2) is 11.2. The first-order chi connectivity index (χ1) is 27.2. The van der Waals surface area contributed by atoms with Gasteiger partial charge in [-0.3, -0.25) is 0 Å². The summed E-state index contributed by atoms with van der Waals surface area (Å²) in [6.45, 7) is 20.0. The van der Waals surface area contributed by atoms with Crippen molar-refractivity contribution in [3.8, 4) is 0 Å². The Morgan fingerprint density at radius 2 is 0.607 bits per heavy atom. The van der Waals surface area contributed by atoms with Crippen molar-refractivity contribution in [2.24, 2.45) is 0 Å². The Bertz CT molecular complexity index is 2940. The van der Waals surface area contributed by atoms with Crippen LogP contribution in [0.2, 0.25) is 0 Å². The van der Waals surface area contributed by atoms with Crippen LogP contribution in [-0.4, -0.2) is 13.4 Å². The van der Waals surface area contributed by atoms with Crippen LogP contribution in [0.4, 0.5) is 0 Å². The van der Waals surface area contributed by atoms with Crippen LogP contribution in [0, 0.1) is 55.4 Å². The van der Waals surface area contributed by atoms with E-state index in [2.05, 4.69) is 140 Å². The molecule has 8 aromatic carbocycles. The first-order valence-electron chi connectivity index (χ1n) is 21.0. The predicted molar refractivity (Wildman–Crippen MR) is 243 cm³/mol. The molecule has 4 aliphatic heterocycles. The molecule has 56 heavy (non-hydrogen) atoms. The van der Waals surface area contributed by atoms with Crippen molar-refractivity contribution in [1.82, 2.24) is 0 Å². The van der Waals surface area contributed by atoms with Gasteiger partial charge in [0.15, 0.2) is 0 Å². The predicted octanol–water partition coefficient (Wildman–Crippen LogP) is 8.26. The van der Waals surface area contributed by atoms with E-state index in [1.54, 1.807) is 33.0 Å². The third-order valence-electron chi connectivity index (χ3n) is 15.8. The molecule has 0 saturated carbocycles. The highest BCUT2D eigenvalue weighted by Crippen LogP contribution is 2.48. The third-order valence-corrected chi connectivity index (χ3v) is 15.8. The minimum absolute atomic E-state index is 0.264. The van der Waals surface area contributed by atoms with Gasteiger partial charge in [-0.25, -0.2) is 0 Å². The highest BCUT2D eigenvalue weighted by Gasteiger charge is 2.42. The van der Waals surface area contributed by atoms with Gasteiger partial charge in [0.05, 0.1) is 0 Å². The van der Waals surface area contributed by atoms with Crippen molar-refractivity contribution < 1.29 is 0 Å². The van der Waals surface area contributed by atoms with Gasteiger partial charge in [-0.2, -0.15) is 0 Å². The van der Waals surface area contributed by atoms with Gasteiger partial charge < -0.3 is 0 Å². The number of hydrogen-bond donors (Lipinski definition) is 0. The minimum atomic E-state index is 0.264. The number of benzene rings is 8. The average Bonchev–Trinajstić information content (AvgIpc) is 3.22. The number of rotatable bonds is 0. The van der Waals surface area contributed by atoms with Crippen LogP contribution in [0.3, 0.4) is 0 Å². The fraction of sp³-hybridized carbons (Fsp3) is 0.222. The Hall–Kier alpha value is -5.33. The van der Waals surface area contributed by atoms with E-state index in [1.807, 2.05) is 0 Å². The number of hydrogen-bond acceptors (Lipinski definition) is 0. The van der Waals surface area contributed by atoms with E-state index >= 15 is 0 Å². The summed E-state index contributed by atoms with van der Waals surface area (Å²) in [5.41, 5.74) is 33.2. The molecule has 4 aliphatic rings. The van der Waals surface area contributed by atoms with Gasteiger partial charge >= 0.3 is 0 Å². The van der Waals surface area contributed by atoms with Gasteiger partial charge in [0.25, 0.3) is 0 Å². The Morgan fingerprint density at radius 1 is 0.286 bits per heavy atom. The lowest BCUT2D eigenvalue weighted by Gasteiger charge is -2.38. The molecule has 0 bridgehead atoms. The molecule has 0 radical (unpaired) electrons. The van der Waals surface area contributed by atoms with E-state index in [1.165, 1.54) is 121 Å². The van der Waals surface area contributed by atoms with Crippen molar-refractivity contribution in [3.63, 3.8) is 0 Å². The van der Waals surface area contributed by atoms with Gasteiger partial charge in [-0.15, -0.1) is 0 Å². The summed E-state index contributed by atoms with van der Waals surface area (Å²) in [4.78, 5) is 0. The molecule has 0 fully saturated rings. The Morgan fingerprint density at radius 3 is 1.00 bits per heavy atom. The molecule has 0 nitrogen and oxygen atoms in total. The van der Waals surface area contributed by atoms with Crippen LogP contribution >= 0.6 is 0 Å². The third kappa shape index (κ3) is 3.89. The van der Waals surface area contributed by atoms with Crippen LogP contribution in [0.1, 0.15) is 89.0 Å². The smallest absolute Gasteiger partial charge is 0.0667 e. The standard InChI is InChI=1S/C54H46B2/c1-27-28(2)30(4)46-45(29(27)3)49-41-25-39-19-13-17-37-23-35-15-9-11-21-43(35)55(53(37)39)51(41)33(7)31(5)47(49)48-32(6)34(8)52-42(50(46)48)26-40-20-14-18-38-24-36-16-10-12-22-44(36)56(52)54(38)40/h9-22H,23-26H2,1-8H3. The van der Waals surface area contributed by atoms with Crippen LogP contribution < -0.4 is 32.8 Å². The Kier molecular flexibility index (Phi) is 6.55. The molecule has 0 atom stereocenters. The van der Waals surface area contributed by atoms with Gasteiger partial charge in [0.1, 0.15) is 0 Å². The number of fused-ring (bicyclic) bond motifs is 16. The lowest BCUT2D eigenvalue weighted by Crippen LogP contribution is -2.62. The SMILES string of the molecule is Cc1c(C)c(C)c2c(c1C)c1c3c(c(C)c(C)c1c1c(C)c(C)c4c(c21)Cc1cccc2c1B4c1ccccc1C2)B1c2ccccc2Cc2cccc(c21)C3. The maximum Gasteiger partial charge on any atom is 0.243 e. The molecular weight excluding hydrogens is 670 g/mol. The zero-order chi connectivity index (χ0) is 38.0. The second-order valence-electron chi connectivity index (χ2n) is 18.0. The van der Waals surface area contributed by atoms with Gasteiger partial charge in [-0.05, 0) is 191 Å². The van der Waals surface area contributed by atoms with Crippen molar-refractivity contribution in [1.29, 1.82) is 0 Å². The Balaban J connectivity index is 1.31. The normalized spacial score (nSPS) is 14.4. The monoisotopic (exact) mass is 716 g/mol. The molecular formula is C54H46B2. The van der Waals surface area contributed by atoms with Gasteiger partial charge in [0.2, 0.25) is 13.4 Å². The first-order valence-corrected chi connectivity index (χ1v) is 21.0. The summed E-state index contributed by atoms with van der Waals surface area (Å²) in [7, 11) is 0. The molecule has 2 heteroatoms. The summed E-state index contributed by atoms with van der Waals surface area (Å²) < 4.78 is 0. The minimum Gasteiger partial charge on any atom is -0.0667 e. The fourth-order valence-corrected chi connectivity index (χ4v) is 12.8. The molecule has 268 valence electrons. The summed E-state index contributed by atoms with van der Waals surface area (Å²) in [5.74, 6) is 0. The van der Waals surface area contributed by atoms with Gasteiger partial charge in [0, 0.05) is 0 Å². The van der Waals surface area contributed by atoms with E-state index in [4.69, 9.17) is 0 Å². The lowest BCUT2D eigenvalue weighted by molar-refractivity contribution is 1.15. The van der Waals surface area contributed by atoms with Crippen LogP contribution in [0.25, 0.3) is 32.3 Å². The van der Waals surface area contributed by atoms with Crippen LogP contribution in [0.5, 0.6) is 0 Å². The molecule has 0 aliphatic carbocycles. The Labute approximate surface area is 332 Å². The van der Waals surface area contributed by atoms with E-state index in [0.717, 1.165) is 25.7 Å². The van der Waals surface area contributed by atoms with Crippen LogP contribution in [0.15, 0.2) is 84.9 Å². The zero-order valence-corrected chi connectivity index (χ0v) is 34.1. The van der Waals surface area contributed by atoms with Crippen LogP contribution in [-0.2, 0) is 25.7 Å². The maximum absolute atomic E-state index is 2.47. The molecule has 0 N–H and O–H groups in total. The molecule has 4 heterocycles. The van der Waals surface area contributed by atoms with E-state index in [9.17, 15) is 0 Å². The molecule has 0 aromatic heterocycles. The molecule has 0 unspecified atom stereocenters. The fourth-order valence-electron chi connectivity index (χ4n) is 12.8.